The van der Waals surface area contributed by atoms with Gasteiger partial charge in [0.2, 0.25) is 5.91 Å². The first-order valence-electron chi connectivity index (χ1n) is 6.16. The van der Waals surface area contributed by atoms with Crippen molar-refractivity contribution in [1.29, 1.82) is 0 Å². The summed E-state index contributed by atoms with van der Waals surface area (Å²) in [6.45, 7) is 2.31. The van der Waals surface area contributed by atoms with Gasteiger partial charge in [0.1, 0.15) is 0 Å². The second-order valence-corrected chi connectivity index (χ2v) is 4.95. The number of aryl methyl sites for hydroxylation is 1. The van der Waals surface area contributed by atoms with Crippen LogP contribution < -0.4 is 0 Å². The summed E-state index contributed by atoms with van der Waals surface area (Å²) in [5.41, 5.74) is 0.997. The average Bonchev–Trinajstić information content (AvgIpc) is 2.34. The minimum atomic E-state index is -0.371. The maximum atomic E-state index is 11.8. The molecule has 0 aromatic heterocycles. The third-order valence-corrected chi connectivity index (χ3v) is 3.24. The van der Waals surface area contributed by atoms with E-state index in [0.29, 0.717) is 30.8 Å². The first-order valence-corrected chi connectivity index (χ1v) is 6.54. The standard InChI is InChI=1S/C14H20ClNO2/c1-11(17)9-10-16(2)14(18)8-7-12-5-3-4-6-13(12)15/h3-6,11,17H,7-10H2,1-2H3. The molecule has 0 saturated carbocycles. The van der Waals surface area contributed by atoms with Crippen LogP contribution in [0.25, 0.3) is 0 Å². The molecule has 1 rings (SSSR count). The maximum absolute atomic E-state index is 11.8. The first kappa shape index (κ1) is 15.0. The van der Waals surface area contributed by atoms with Gasteiger partial charge in [0.25, 0.3) is 0 Å². The molecule has 0 fully saturated rings. The molecule has 1 atom stereocenters. The maximum Gasteiger partial charge on any atom is 0.222 e. The summed E-state index contributed by atoms with van der Waals surface area (Å²) in [6.07, 6.45) is 1.33. The summed E-state index contributed by atoms with van der Waals surface area (Å²) in [5.74, 6) is 0.0792. The number of rotatable bonds is 6. The molecule has 18 heavy (non-hydrogen) atoms. The minimum Gasteiger partial charge on any atom is -0.393 e. The monoisotopic (exact) mass is 269 g/mol. The van der Waals surface area contributed by atoms with E-state index in [1.807, 2.05) is 24.3 Å². The Morgan fingerprint density at radius 1 is 1.44 bits per heavy atom. The van der Waals surface area contributed by atoms with Crippen molar-refractivity contribution in [1.82, 2.24) is 4.90 Å². The van der Waals surface area contributed by atoms with Crippen LogP contribution in [0, 0.1) is 0 Å². The molecule has 0 heterocycles. The van der Waals surface area contributed by atoms with Gasteiger partial charge in [-0.2, -0.15) is 0 Å². The fourth-order valence-corrected chi connectivity index (χ4v) is 1.87. The zero-order valence-electron chi connectivity index (χ0n) is 10.9. The zero-order valence-corrected chi connectivity index (χ0v) is 11.7. The van der Waals surface area contributed by atoms with Crippen molar-refractivity contribution >= 4 is 17.5 Å². The zero-order chi connectivity index (χ0) is 13.5. The highest BCUT2D eigenvalue weighted by Gasteiger charge is 2.10. The molecule has 0 radical (unpaired) electrons. The Labute approximate surface area is 113 Å². The summed E-state index contributed by atoms with van der Waals surface area (Å²) in [7, 11) is 1.76. The van der Waals surface area contributed by atoms with Gasteiger partial charge in [-0.05, 0) is 31.4 Å². The highest BCUT2D eigenvalue weighted by Crippen LogP contribution is 2.16. The van der Waals surface area contributed by atoms with Crippen LogP contribution >= 0.6 is 11.6 Å². The van der Waals surface area contributed by atoms with Crippen LogP contribution in [-0.4, -0.2) is 35.6 Å². The molecule has 1 aromatic rings. The van der Waals surface area contributed by atoms with Gasteiger partial charge in [0.05, 0.1) is 6.10 Å². The third-order valence-electron chi connectivity index (χ3n) is 2.87. The van der Waals surface area contributed by atoms with E-state index in [9.17, 15) is 9.90 Å². The van der Waals surface area contributed by atoms with Crippen LogP contribution in [0.3, 0.4) is 0 Å². The van der Waals surface area contributed by atoms with Crippen LogP contribution in [0.15, 0.2) is 24.3 Å². The van der Waals surface area contributed by atoms with Crippen LogP contribution in [0.2, 0.25) is 5.02 Å². The summed E-state index contributed by atoms with van der Waals surface area (Å²) in [5, 5.41) is 9.88. The predicted octanol–water partition coefficient (Wildman–Crippen LogP) is 2.50. The van der Waals surface area contributed by atoms with Crippen LogP contribution in [0.4, 0.5) is 0 Å². The molecule has 3 nitrogen and oxygen atoms in total. The molecule has 1 N–H and O–H groups in total. The van der Waals surface area contributed by atoms with E-state index in [4.69, 9.17) is 11.6 Å². The molecular formula is C14H20ClNO2. The summed E-state index contributed by atoms with van der Waals surface area (Å²) in [6, 6.07) is 7.56. The van der Waals surface area contributed by atoms with E-state index in [0.717, 1.165) is 5.56 Å². The Kier molecular flexibility index (Phi) is 6.16. The average molecular weight is 270 g/mol. The smallest absolute Gasteiger partial charge is 0.222 e. The normalized spacial score (nSPS) is 12.2. The van der Waals surface area contributed by atoms with Gasteiger partial charge in [0.15, 0.2) is 0 Å². The van der Waals surface area contributed by atoms with Gasteiger partial charge in [0, 0.05) is 25.0 Å². The van der Waals surface area contributed by atoms with Gasteiger partial charge in [-0.25, -0.2) is 0 Å². The summed E-state index contributed by atoms with van der Waals surface area (Å²) >= 11 is 6.03. The van der Waals surface area contributed by atoms with Gasteiger partial charge >= 0.3 is 0 Å². The third kappa shape index (κ3) is 5.07. The largest absolute Gasteiger partial charge is 0.393 e. The molecule has 0 bridgehead atoms. The number of amides is 1. The van der Waals surface area contributed by atoms with E-state index in [1.165, 1.54) is 0 Å². The first-order chi connectivity index (χ1) is 8.50. The van der Waals surface area contributed by atoms with Gasteiger partial charge in [-0.3, -0.25) is 4.79 Å². The molecule has 0 aliphatic rings. The number of benzene rings is 1. The Balaban J connectivity index is 2.39. The Hall–Kier alpha value is -1.06. The van der Waals surface area contributed by atoms with Crippen molar-refractivity contribution in [2.45, 2.75) is 32.3 Å². The van der Waals surface area contributed by atoms with E-state index < -0.39 is 0 Å². The molecule has 1 aromatic carbocycles. The molecule has 0 aliphatic carbocycles. The molecule has 0 spiro atoms. The number of hydrogen-bond donors (Lipinski definition) is 1. The van der Waals surface area contributed by atoms with E-state index in [2.05, 4.69) is 0 Å². The number of carbonyl (C=O) groups excluding carboxylic acids is 1. The molecule has 0 aliphatic heterocycles. The van der Waals surface area contributed by atoms with Gasteiger partial charge in [-0.15, -0.1) is 0 Å². The SMILES string of the molecule is CC(O)CCN(C)C(=O)CCc1ccccc1Cl. The second-order valence-electron chi connectivity index (χ2n) is 4.54. The van der Waals surface area contributed by atoms with Crippen LogP contribution in [0.5, 0.6) is 0 Å². The number of nitrogens with zero attached hydrogens (tertiary/aromatic N) is 1. The Morgan fingerprint density at radius 2 is 2.11 bits per heavy atom. The number of aliphatic hydroxyl groups is 1. The Morgan fingerprint density at radius 3 is 2.72 bits per heavy atom. The molecule has 100 valence electrons. The fourth-order valence-electron chi connectivity index (χ4n) is 1.64. The lowest BCUT2D eigenvalue weighted by Crippen LogP contribution is -2.29. The van der Waals surface area contributed by atoms with E-state index >= 15 is 0 Å². The lowest BCUT2D eigenvalue weighted by molar-refractivity contribution is -0.130. The molecule has 1 unspecified atom stereocenters. The van der Waals surface area contributed by atoms with E-state index in [-0.39, 0.29) is 12.0 Å². The number of halogens is 1. The molecule has 1 amide bonds. The minimum absolute atomic E-state index is 0.0792. The van der Waals surface area contributed by atoms with Crippen LogP contribution in [-0.2, 0) is 11.2 Å². The lowest BCUT2D eigenvalue weighted by atomic mass is 10.1. The lowest BCUT2D eigenvalue weighted by Gasteiger charge is -2.18. The quantitative estimate of drug-likeness (QED) is 0.862. The number of carbonyl (C=O) groups is 1. The van der Waals surface area contributed by atoms with Gasteiger partial charge < -0.3 is 10.0 Å². The molecular weight excluding hydrogens is 250 g/mol. The number of hydrogen-bond acceptors (Lipinski definition) is 2. The highest BCUT2D eigenvalue weighted by molar-refractivity contribution is 6.31. The summed E-state index contributed by atoms with van der Waals surface area (Å²) < 4.78 is 0. The predicted molar refractivity (Wildman–Crippen MR) is 73.7 cm³/mol. The van der Waals surface area contributed by atoms with Crippen LogP contribution in [0.1, 0.15) is 25.3 Å². The van der Waals surface area contributed by atoms with Crippen molar-refractivity contribution in [2.75, 3.05) is 13.6 Å². The van der Waals surface area contributed by atoms with Crippen molar-refractivity contribution in [3.8, 4) is 0 Å². The van der Waals surface area contributed by atoms with E-state index in [1.54, 1.807) is 18.9 Å². The van der Waals surface area contributed by atoms with Crippen molar-refractivity contribution in [2.24, 2.45) is 0 Å². The van der Waals surface area contributed by atoms with Crippen molar-refractivity contribution in [3.05, 3.63) is 34.9 Å². The van der Waals surface area contributed by atoms with Gasteiger partial charge in [-0.1, -0.05) is 29.8 Å². The fraction of sp³-hybridized carbons (Fsp3) is 0.500. The topological polar surface area (TPSA) is 40.5 Å². The van der Waals surface area contributed by atoms with Crippen molar-refractivity contribution < 1.29 is 9.90 Å². The molecule has 4 heteroatoms. The van der Waals surface area contributed by atoms with Crippen molar-refractivity contribution in [3.63, 3.8) is 0 Å². The number of aliphatic hydroxyl groups excluding tert-OH is 1. The summed E-state index contributed by atoms with van der Waals surface area (Å²) in [4.78, 5) is 13.5. The molecule has 0 saturated heterocycles. The second kappa shape index (κ2) is 7.39. The Bertz CT molecular complexity index is 393. The highest BCUT2D eigenvalue weighted by atomic mass is 35.5.